The first kappa shape index (κ1) is 55.6. The van der Waals surface area contributed by atoms with E-state index in [1.165, 1.54) is 24.3 Å². The molecule has 0 N–H and O–H groups in total. The van der Waals surface area contributed by atoms with Crippen LogP contribution in [0.4, 0.5) is 105 Å². The standard InChI is InChI=1S/C56H20F24N2/c57-49(58,59)25-9-21(10-26(17-25)50(60,61)62)45-37-5-1-33-34-2-6-39-44-40(8-4-36(42(34)44)35-3-7-38(43(37)41(33)35)46(81-45)22-11-27(51(63,64)65)18-28(12-22)52(66,67)68)48(24-15-31(55(75,76)77)20-32(16-24)56(78,79)80)82-47(39)23-13-29(53(69,70)71)19-30(14-23)54(72,73)74/h1-20H. The van der Waals surface area contributed by atoms with Crippen molar-refractivity contribution in [3.05, 3.63) is 166 Å². The van der Waals surface area contributed by atoms with E-state index in [9.17, 15) is 105 Å². The Morgan fingerprint density at radius 2 is 0.317 bits per heavy atom. The smallest absolute Gasteiger partial charge is 0.246 e. The number of benzene rings is 9. The topological polar surface area (TPSA) is 25.8 Å². The van der Waals surface area contributed by atoms with Crippen molar-refractivity contribution >= 4 is 64.6 Å². The zero-order valence-corrected chi connectivity index (χ0v) is 39.5. The predicted molar refractivity (Wildman–Crippen MR) is 251 cm³/mol. The molecule has 0 unspecified atom stereocenters. The Morgan fingerprint density at radius 1 is 0.183 bits per heavy atom. The minimum absolute atomic E-state index is 0.0464. The Labute approximate surface area is 439 Å². The van der Waals surface area contributed by atoms with Gasteiger partial charge in [0, 0.05) is 54.6 Å². The third kappa shape index (κ3) is 9.35. The fourth-order valence-electron chi connectivity index (χ4n) is 10.4. The van der Waals surface area contributed by atoms with Gasteiger partial charge < -0.3 is 0 Å². The van der Waals surface area contributed by atoms with Gasteiger partial charge in [-0.3, -0.25) is 0 Å². The van der Waals surface area contributed by atoms with Gasteiger partial charge in [-0.05, 0) is 105 Å². The molecule has 26 heteroatoms. The maximum Gasteiger partial charge on any atom is 0.416 e. The average Bonchev–Trinajstić information content (AvgIpc) is 0.809. The van der Waals surface area contributed by atoms with Crippen LogP contribution in [0.1, 0.15) is 44.5 Å². The first-order chi connectivity index (χ1) is 37.7. The molecular formula is C56H20F24N2. The van der Waals surface area contributed by atoms with Crippen LogP contribution in [0.2, 0.25) is 0 Å². The highest BCUT2D eigenvalue weighted by atomic mass is 19.4. The summed E-state index contributed by atoms with van der Waals surface area (Å²) in [6.45, 7) is 0. The van der Waals surface area contributed by atoms with E-state index >= 15 is 0 Å². The summed E-state index contributed by atoms with van der Waals surface area (Å²) in [4.78, 5) is 8.47. The number of hydrogen-bond donors (Lipinski definition) is 0. The molecule has 0 atom stereocenters. The van der Waals surface area contributed by atoms with Gasteiger partial charge in [-0.25, -0.2) is 9.97 Å². The van der Waals surface area contributed by atoms with Crippen molar-refractivity contribution in [1.82, 2.24) is 9.97 Å². The van der Waals surface area contributed by atoms with E-state index < -0.39 is 139 Å². The molecule has 2 heterocycles. The largest absolute Gasteiger partial charge is 0.416 e. The number of aromatic nitrogens is 2. The molecule has 2 nitrogen and oxygen atoms in total. The lowest BCUT2D eigenvalue weighted by Gasteiger charge is -2.23. The normalized spacial score (nSPS) is 13.9. The maximum atomic E-state index is 14.4. The van der Waals surface area contributed by atoms with Crippen molar-refractivity contribution < 1.29 is 105 Å². The molecule has 9 aromatic carbocycles. The van der Waals surface area contributed by atoms with Crippen molar-refractivity contribution in [3.8, 4) is 45.0 Å². The molecule has 0 aliphatic carbocycles. The van der Waals surface area contributed by atoms with Crippen LogP contribution in [0.3, 0.4) is 0 Å². The van der Waals surface area contributed by atoms with Crippen molar-refractivity contribution in [2.45, 2.75) is 49.4 Å². The van der Waals surface area contributed by atoms with E-state index in [0.29, 0.717) is 0 Å². The highest BCUT2D eigenvalue weighted by Gasteiger charge is 2.42. The van der Waals surface area contributed by atoms with Crippen LogP contribution >= 0.6 is 0 Å². The minimum Gasteiger partial charge on any atom is -0.246 e. The SMILES string of the molecule is FC(F)(F)c1cc(-c2nc(-c3cc(C(F)(F)F)cc(C(F)(F)F)c3)c3ccc4c5ccc6c(-c7cc(C(F)(F)F)cc(C(F)(F)F)c7)nc(-c7cc(C(F)(F)F)cc(C(F)(F)F)c7)c7ccc(c8ccc2c3c84)c5c76)cc(C(F)(F)F)c1. The molecular weight excluding hydrogens is 1160 g/mol. The quantitative estimate of drug-likeness (QED) is 0.0997. The van der Waals surface area contributed by atoms with Crippen molar-refractivity contribution in [2.75, 3.05) is 0 Å². The molecule has 0 spiro atoms. The average molecular weight is 1180 g/mol. The van der Waals surface area contributed by atoms with Crippen LogP contribution in [-0.2, 0) is 49.4 Å². The Kier molecular flexibility index (Phi) is 11.9. The Balaban J connectivity index is 1.32. The summed E-state index contributed by atoms with van der Waals surface area (Å²) < 4.78 is 346. The predicted octanol–water partition coefficient (Wildman–Crippen LogP) is 21.1. The molecule has 0 fully saturated rings. The molecule has 0 aliphatic heterocycles. The van der Waals surface area contributed by atoms with Gasteiger partial charge in [-0.1, -0.05) is 48.5 Å². The highest BCUT2D eigenvalue weighted by Crippen LogP contribution is 2.53. The van der Waals surface area contributed by atoms with E-state index in [1.807, 2.05) is 0 Å². The lowest BCUT2D eigenvalue weighted by Crippen LogP contribution is -2.12. The first-order valence-electron chi connectivity index (χ1n) is 23.0. The second-order valence-corrected chi connectivity index (χ2v) is 18.9. The van der Waals surface area contributed by atoms with Gasteiger partial charge in [0.15, 0.2) is 0 Å². The molecule has 0 aliphatic rings. The van der Waals surface area contributed by atoms with Gasteiger partial charge in [-0.15, -0.1) is 0 Å². The summed E-state index contributed by atoms with van der Waals surface area (Å²) in [6.07, 6.45) is -44.1. The number of halogens is 24. The number of alkyl halides is 24. The third-order valence-electron chi connectivity index (χ3n) is 13.8. The summed E-state index contributed by atoms with van der Waals surface area (Å²) in [5.41, 5.74) is -22.7. The lowest BCUT2D eigenvalue weighted by atomic mass is 9.83. The Hall–Kier alpha value is -8.32. The molecule has 11 aromatic rings. The second kappa shape index (κ2) is 17.6. The van der Waals surface area contributed by atoms with Crippen LogP contribution in [0.25, 0.3) is 110 Å². The number of hydrogen-bond acceptors (Lipinski definition) is 2. The zero-order chi connectivity index (χ0) is 59.7. The van der Waals surface area contributed by atoms with Gasteiger partial charge in [0.25, 0.3) is 0 Å². The summed E-state index contributed by atoms with van der Waals surface area (Å²) in [7, 11) is 0. The van der Waals surface area contributed by atoms with Gasteiger partial charge in [0.05, 0.1) is 67.3 Å². The van der Waals surface area contributed by atoms with E-state index in [2.05, 4.69) is 9.97 Å². The summed E-state index contributed by atoms with van der Waals surface area (Å²) >= 11 is 0. The summed E-state index contributed by atoms with van der Waals surface area (Å²) in [5, 5.41) is -2.33. The van der Waals surface area contributed by atoms with Crippen LogP contribution < -0.4 is 0 Å². The number of pyridine rings is 2. The fraction of sp³-hybridized carbons (Fsp3) is 0.143. The highest BCUT2D eigenvalue weighted by molar-refractivity contribution is 6.41. The number of fused-ring (bicyclic) bond motifs is 2. The van der Waals surface area contributed by atoms with E-state index in [4.69, 9.17) is 0 Å². The molecule has 0 amide bonds. The Morgan fingerprint density at radius 3 is 0.463 bits per heavy atom. The minimum atomic E-state index is -5.51. The molecule has 0 saturated heterocycles. The number of nitrogens with zero attached hydrogens (tertiary/aromatic N) is 2. The fourth-order valence-corrected chi connectivity index (χ4v) is 10.4. The summed E-state index contributed by atoms with van der Waals surface area (Å²) in [5.74, 6) is 0. The van der Waals surface area contributed by atoms with Gasteiger partial charge in [0.2, 0.25) is 0 Å². The van der Waals surface area contributed by atoms with Crippen molar-refractivity contribution in [2.24, 2.45) is 0 Å². The zero-order valence-electron chi connectivity index (χ0n) is 39.5. The van der Waals surface area contributed by atoms with E-state index in [-0.39, 0.29) is 137 Å². The maximum absolute atomic E-state index is 14.4. The van der Waals surface area contributed by atoms with Gasteiger partial charge in [0.1, 0.15) is 0 Å². The molecule has 0 bridgehead atoms. The van der Waals surface area contributed by atoms with Crippen molar-refractivity contribution in [1.29, 1.82) is 0 Å². The molecule has 422 valence electrons. The van der Waals surface area contributed by atoms with Gasteiger partial charge >= 0.3 is 49.4 Å². The van der Waals surface area contributed by atoms with E-state index in [1.54, 1.807) is 0 Å². The van der Waals surface area contributed by atoms with Crippen molar-refractivity contribution in [3.63, 3.8) is 0 Å². The summed E-state index contributed by atoms with van der Waals surface area (Å²) in [6, 6.07) is 9.59. The molecule has 2 aromatic heterocycles. The molecule has 0 saturated carbocycles. The van der Waals surface area contributed by atoms with E-state index in [0.717, 1.165) is 24.3 Å². The number of rotatable bonds is 4. The molecule has 11 rings (SSSR count). The van der Waals surface area contributed by atoms with Crippen LogP contribution in [0, 0.1) is 0 Å². The van der Waals surface area contributed by atoms with Crippen LogP contribution in [0.5, 0.6) is 0 Å². The second-order valence-electron chi connectivity index (χ2n) is 18.9. The lowest BCUT2D eigenvalue weighted by molar-refractivity contribution is -0.144. The van der Waals surface area contributed by atoms with Gasteiger partial charge in [-0.2, -0.15) is 105 Å². The van der Waals surface area contributed by atoms with Crippen LogP contribution in [0.15, 0.2) is 121 Å². The first-order valence-corrected chi connectivity index (χ1v) is 23.0. The van der Waals surface area contributed by atoms with Crippen LogP contribution in [-0.4, -0.2) is 9.97 Å². The molecule has 0 radical (unpaired) electrons. The third-order valence-corrected chi connectivity index (χ3v) is 13.8. The molecule has 82 heavy (non-hydrogen) atoms. The Bertz CT molecular complexity index is 3750. The monoisotopic (exact) mass is 1180 g/mol.